The van der Waals surface area contributed by atoms with Crippen molar-refractivity contribution in [3.63, 3.8) is 0 Å². The number of hydrogen-bond acceptors (Lipinski definition) is 2. The molecule has 4 heteroatoms. The fourth-order valence-electron chi connectivity index (χ4n) is 3.29. The molecule has 0 fully saturated rings. The van der Waals surface area contributed by atoms with Crippen molar-refractivity contribution in [2.45, 2.75) is 13.0 Å². The van der Waals surface area contributed by atoms with Crippen LogP contribution in [0, 0.1) is 5.82 Å². The predicted octanol–water partition coefficient (Wildman–Crippen LogP) is 4.64. The van der Waals surface area contributed by atoms with Crippen LogP contribution in [-0.4, -0.2) is 12.5 Å². The van der Waals surface area contributed by atoms with Crippen LogP contribution in [0.1, 0.15) is 21.5 Å². The number of carbonyl (C=O) groups excluding carboxylic acids is 1. The van der Waals surface area contributed by atoms with Gasteiger partial charge in [-0.1, -0.05) is 30.3 Å². The number of anilines is 2. The smallest absolute Gasteiger partial charge is 0.255 e. The highest BCUT2D eigenvalue weighted by Gasteiger charge is 2.18. The molecule has 4 rings (SSSR count). The van der Waals surface area contributed by atoms with Crippen LogP contribution in [0.25, 0.3) is 0 Å². The molecular weight excluding hydrogens is 327 g/mol. The van der Waals surface area contributed by atoms with E-state index in [1.165, 1.54) is 28.9 Å². The van der Waals surface area contributed by atoms with E-state index in [1.54, 1.807) is 12.1 Å². The number of rotatable bonds is 4. The van der Waals surface area contributed by atoms with Gasteiger partial charge in [0.15, 0.2) is 0 Å². The van der Waals surface area contributed by atoms with Crippen molar-refractivity contribution in [3.05, 3.63) is 95.3 Å². The van der Waals surface area contributed by atoms with Gasteiger partial charge in [-0.3, -0.25) is 4.79 Å². The van der Waals surface area contributed by atoms with E-state index in [4.69, 9.17) is 0 Å². The van der Waals surface area contributed by atoms with Gasteiger partial charge in [-0.2, -0.15) is 0 Å². The van der Waals surface area contributed by atoms with Gasteiger partial charge >= 0.3 is 0 Å². The van der Waals surface area contributed by atoms with E-state index in [-0.39, 0.29) is 11.7 Å². The summed E-state index contributed by atoms with van der Waals surface area (Å²) >= 11 is 0. The first kappa shape index (κ1) is 16.3. The summed E-state index contributed by atoms with van der Waals surface area (Å²) in [4.78, 5) is 14.7. The van der Waals surface area contributed by atoms with Gasteiger partial charge < -0.3 is 10.2 Å². The molecule has 0 atom stereocenters. The van der Waals surface area contributed by atoms with Crippen LogP contribution in [-0.2, 0) is 13.0 Å². The lowest BCUT2D eigenvalue weighted by atomic mass is 10.1. The minimum absolute atomic E-state index is 0.199. The number of benzene rings is 3. The van der Waals surface area contributed by atoms with Gasteiger partial charge in [0.25, 0.3) is 5.91 Å². The highest BCUT2D eigenvalue weighted by Crippen LogP contribution is 2.28. The van der Waals surface area contributed by atoms with Crippen LogP contribution in [0.2, 0.25) is 0 Å². The molecule has 0 unspecified atom stereocenters. The van der Waals surface area contributed by atoms with Crippen LogP contribution in [0.5, 0.6) is 0 Å². The van der Waals surface area contributed by atoms with Gasteiger partial charge in [0.05, 0.1) is 0 Å². The van der Waals surface area contributed by atoms with E-state index in [9.17, 15) is 9.18 Å². The maximum atomic E-state index is 12.9. The molecular formula is C22H19FN2O. The van der Waals surface area contributed by atoms with Crippen molar-refractivity contribution in [2.75, 3.05) is 16.8 Å². The van der Waals surface area contributed by atoms with Crippen LogP contribution in [0.15, 0.2) is 72.8 Å². The van der Waals surface area contributed by atoms with Gasteiger partial charge in [-0.25, -0.2) is 4.39 Å². The quantitative estimate of drug-likeness (QED) is 0.746. The van der Waals surface area contributed by atoms with E-state index in [2.05, 4.69) is 34.5 Å². The number of amides is 1. The summed E-state index contributed by atoms with van der Waals surface area (Å²) in [5, 5.41) is 2.77. The molecule has 0 saturated heterocycles. The molecule has 0 radical (unpaired) electrons. The zero-order chi connectivity index (χ0) is 17.9. The van der Waals surface area contributed by atoms with Gasteiger partial charge in [-0.15, -0.1) is 0 Å². The average molecular weight is 346 g/mol. The lowest BCUT2D eigenvalue weighted by molar-refractivity contribution is 0.102. The third kappa shape index (κ3) is 3.45. The maximum absolute atomic E-state index is 12.9. The molecule has 0 bridgehead atoms. The first-order valence-corrected chi connectivity index (χ1v) is 8.68. The zero-order valence-electron chi connectivity index (χ0n) is 14.3. The molecule has 130 valence electrons. The number of carbonyl (C=O) groups is 1. The van der Waals surface area contributed by atoms with Crippen LogP contribution in [0.4, 0.5) is 15.8 Å². The van der Waals surface area contributed by atoms with E-state index in [1.807, 2.05) is 24.3 Å². The highest BCUT2D eigenvalue weighted by atomic mass is 19.1. The molecule has 3 nitrogen and oxygen atoms in total. The molecule has 1 heterocycles. The van der Waals surface area contributed by atoms with Gasteiger partial charge in [-0.05, 0) is 60.0 Å². The standard InChI is InChI=1S/C22H19FN2O/c23-19-9-11-20(12-10-19)24-22(26)18-7-5-16(6-8-18)15-25-14-13-17-3-1-2-4-21(17)25/h1-12H,13-15H2,(H,24,26). The Morgan fingerprint density at radius 3 is 2.46 bits per heavy atom. The fourth-order valence-corrected chi connectivity index (χ4v) is 3.29. The Balaban J connectivity index is 1.42. The SMILES string of the molecule is O=C(Nc1ccc(F)cc1)c1ccc(CN2CCc3ccccc32)cc1. The van der Waals surface area contributed by atoms with Crippen molar-refractivity contribution >= 4 is 17.3 Å². The fraction of sp³-hybridized carbons (Fsp3) is 0.136. The van der Waals surface area contributed by atoms with Crippen LogP contribution in [0.3, 0.4) is 0 Å². The van der Waals surface area contributed by atoms with Gasteiger partial charge in [0.2, 0.25) is 0 Å². The van der Waals surface area contributed by atoms with Crippen molar-refractivity contribution in [2.24, 2.45) is 0 Å². The summed E-state index contributed by atoms with van der Waals surface area (Å²) in [5.41, 5.74) is 5.02. The molecule has 0 saturated carbocycles. The number of halogens is 1. The molecule has 0 aliphatic carbocycles. The summed E-state index contributed by atoms with van der Waals surface area (Å²) < 4.78 is 12.9. The zero-order valence-corrected chi connectivity index (χ0v) is 14.3. The summed E-state index contributed by atoms with van der Waals surface area (Å²) in [5.74, 6) is -0.523. The average Bonchev–Trinajstić information content (AvgIpc) is 3.07. The van der Waals surface area contributed by atoms with Crippen LogP contribution < -0.4 is 10.2 Å². The van der Waals surface area contributed by atoms with Crippen LogP contribution >= 0.6 is 0 Å². The second kappa shape index (κ2) is 7.00. The number of hydrogen-bond donors (Lipinski definition) is 1. The molecule has 1 aliphatic rings. The summed E-state index contributed by atoms with van der Waals surface area (Å²) in [6.45, 7) is 1.85. The molecule has 1 amide bonds. The normalized spacial score (nSPS) is 12.7. The summed E-state index contributed by atoms with van der Waals surface area (Å²) in [7, 11) is 0. The predicted molar refractivity (Wildman–Crippen MR) is 102 cm³/mol. The van der Waals surface area contributed by atoms with E-state index in [0.29, 0.717) is 11.3 Å². The van der Waals surface area contributed by atoms with Crippen molar-refractivity contribution < 1.29 is 9.18 Å². The number of para-hydroxylation sites is 1. The first-order valence-electron chi connectivity index (χ1n) is 8.68. The minimum Gasteiger partial charge on any atom is -0.367 e. The lowest BCUT2D eigenvalue weighted by Crippen LogP contribution is -2.19. The second-order valence-corrected chi connectivity index (χ2v) is 6.46. The Morgan fingerprint density at radius 1 is 0.962 bits per heavy atom. The third-order valence-corrected chi connectivity index (χ3v) is 4.68. The molecule has 1 aliphatic heterocycles. The number of nitrogens with zero attached hydrogens (tertiary/aromatic N) is 1. The minimum atomic E-state index is -0.323. The second-order valence-electron chi connectivity index (χ2n) is 6.46. The largest absolute Gasteiger partial charge is 0.367 e. The third-order valence-electron chi connectivity index (χ3n) is 4.68. The Kier molecular flexibility index (Phi) is 4.40. The molecule has 1 N–H and O–H groups in total. The van der Waals surface area contributed by atoms with Crippen molar-refractivity contribution in [3.8, 4) is 0 Å². The van der Waals surface area contributed by atoms with E-state index >= 15 is 0 Å². The van der Waals surface area contributed by atoms with Crippen molar-refractivity contribution in [1.82, 2.24) is 0 Å². The topological polar surface area (TPSA) is 32.3 Å². The molecule has 26 heavy (non-hydrogen) atoms. The Hall–Kier alpha value is -3.14. The Morgan fingerprint density at radius 2 is 1.69 bits per heavy atom. The Bertz CT molecular complexity index is 920. The maximum Gasteiger partial charge on any atom is 0.255 e. The molecule has 3 aromatic rings. The van der Waals surface area contributed by atoms with Gasteiger partial charge in [0, 0.05) is 30.0 Å². The molecule has 0 spiro atoms. The number of nitrogens with one attached hydrogen (secondary N) is 1. The monoisotopic (exact) mass is 346 g/mol. The van der Waals surface area contributed by atoms with E-state index in [0.717, 1.165) is 19.5 Å². The Labute approximate surface area is 152 Å². The molecule has 0 aromatic heterocycles. The van der Waals surface area contributed by atoms with E-state index < -0.39 is 0 Å². The molecule has 3 aromatic carbocycles. The highest BCUT2D eigenvalue weighted by molar-refractivity contribution is 6.04. The lowest BCUT2D eigenvalue weighted by Gasteiger charge is -2.19. The summed E-state index contributed by atoms with van der Waals surface area (Å²) in [6.07, 6.45) is 1.08. The van der Waals surface area contributed by atoms with Crippen molar-refractivity contribution in [1.29, 1.82) is 0 Å². The summed E-state index contributed by atoms with van der Waals surface area (Å²) in [6, 6.07) is 21.9. The van der Waals surface area contributed by atoms with Gasteiger partial charge in [0.1, 0.15) is 5.82 Å². The first-order chi connectivity index (χ1) is 12.7. The number of fused-ring (bicyclic) bond motifs is 1.